The Morgan fingerprint density at radius 1 is 1.02 bits per heavy atom. The molecule has 1 aliphatic carbocycles. The van der Waals surface area contributed by atoms with Crippen molar-refractivity contribution in [2.24, 2.45) is 11.8 Å². The van der Waals surface area contributed by atoms with Gasteiger partial charge in [0.2, 0.25) is 17.3 Å². The number of rotatable bonds is 13. The van der Waals surface area contributed by atoms with E-state index < -0.39 is 69.1 Å². The van der Waals surface area contributed by atoms with E-state index in [0.717, 1.165) is 44.2 Å². The Balaban J connectivity index is 1.58. The molecule has 2 aliphatic rings. The van der Waals surface area contributed by atoms with Crippen molar-refractivity contribution in [3.8, 4) is 0 Å². The molecule has 1 saturated heterocycles. The van der Waals surface area contributed by atoms with Crippen molar-refractivity contribution in [1.29, 1.82) is 0 Å². The highest BCUT2D eigenvalue weighted by molar-refractivity contribution is 7.86. The van der Waals surface area contributed by atoms with Crippen LogP contribution in [0.4, 0.5) is 13.6 Å². The van der Waals surface area contributed by atoms with Gasteiger partial charge in [-0.1, -0.05) is 86.2 Å². The molecule has 15 heteroatoms. The Hall–Kier alpha value is -3.33. The van der Waals surface area contributed by atoms with Crippen molar-refractivity contribution in [2.45, 2.75) is 80.9 Å². The lowest BCUT2D eigenvalue weighted by Gasteiger charge is -2.31. The number of hydrogen-bond acceptors (Lipinski definition) is 7. The average molecular weight is 686 g/mol. The maximum absolute atomic E-state index is 15.9. The Kier molecular flexibility index (Phi) is 12.0. The van der Waals surface area contributed by atoms with Crippen LogP contribution >= 0.6 is 11.6 Å². The van der Waals surface area contributed by atoms with Gasteiger partial charge >= 0.3 is 12.0 Å². The average Bonchev–Trinajstić information content (AvgIpc) is 3.43. The molecule has 2 aromatic rings. The summed E-state index contributed by atoms with van der Waals surface area (Å²) in [7, 11) is -5.07. The van der Waals surface area contributed by atoms with Gasteiger partial charge < -0.3 is 25.8 Å². The Morgan fingerprint density at radius 3 is 2.33 bits per heavy atom. The summed E-state index contributed by atoms with van der Waals surface area (Å²) in [5.41, 5.74) is -3.00. The third-order valence-electron chi connectivity index (χ3n) is 8.45. The van der Waals surface area contributed by atoms with Gasteiger partial charge in [0.1, 0.15) is 6.04 Å². The van der Waals surface area contributed by atoms with E-state index in [9.17, 15) is 32.5 Å². The number of carbonyl (C=O) groups excluding carboxylic acids is 3. The standard InChI is InChI=1S/C31H38ClF2N3O8S/c32-23-13-7-12-22(18-23)31(33,34)26(20-10-5-2-6-11-20)45-30(41)37-24(16-19-8-3-1-4-9-19)28(39)36-25(29(40)46(42,43)44)17-21-14-15-35-27(21)38/h2,5-7,10-13,18-19,21,24-26,29,40H,1,3-4,8-9,14-17H2,(H,35,38)(H,36,39)(H,37,41)(H,42,43,44)/t21-,24-,25-,26-,29?/m0/s1. The lowest BCUT2D eigenvalue weighted by molar-refractivity contribution is -0.128. The number of ether oxygens (including phenoxy) is 1. The molecular weight excluding hydrogens is 648 g/mol. The maximum atomic E-state index is 15.9. The molecule has 3 amide bonds. The summed E-state index contributed by atoms with van der Waals surface area (Å²) in [5, 5.41) is 17.8. The number of aliphatic hydroxyl groups excluding tert-OH is 1. The Morgan fingerprint density at radius 2 is 1.72 bits per heavy atom. The van der Waals surface area contributed by atoms with Crippen LogP contribution < -0.4 is 16.0 Å². The molecule has 0 aromatic heterocycles. The second kappa shape index (κ2) is 15.5. The van der Waals surface area contributed by atoms with E-state index in [2.05, 4.69) is 16.0 Å². The number of amides is 3. The quantitative estimate of drug-likeness (QED) is 0.193. The molecule has 11 nitrogen and oxygen atoms in total. The number of carbonyl (C=O) groups is 3. The molecule has 2 fully saturated rings. The van der Waals surface area contributed by atoms with Crippen LogP contribution in [0.1, 0.15) is 68.6 Å². The van der Waals surface area contributed by atoms with Gasteiger partial charge in [-0.3, -0.25) is 14.1 Å². The summed E-state index contributed by atoms with van der Waals surface area (Å²) in [4.78, 5) is 39.1. The molecule has 1 saturated carbocycles. The fourth-order valence-electron chi connectivity index (χ4n) is 6.01. The minimum absolute atomic E-state index is 0.0258. The zero-order valence-electron chi connectivity index (χ0n) is 24.9. The number of nitrogens with one attached hydrogen (secondary N) is 3. The molecule has 5 atom stereocenters. The molecule has 1 heterocycles. The van der Waals surface area contributed by atoms with Gasteiger partial charge in [0.25, 0.3) is 10.1 Å². The molecule has 4 rings (SSSR count). The van der Waals surface area contributed by atoms with Crippen LogP contribution in [0.2, 0.25) is 5.02 Å². The number of benzene rings is 2. The van der Waals surface area contributed by atoms with Crippen molar-refractivity contribution in [1.82, 2.24) is 16.0 Å². The largest absolute Gasteiger partial charge is 0.434 e. The number of aliphatic hydroxyl groups is 1. The van der Waals surface area contributed by atoms with Crippen LogP contribution in [0.15, 0.2) is 54.6 Å². The van der Waals surface area contributed by atoms with E-state index in [1.807, 2.05) is 0 Å². The zero-order chi connectivity index (χ0) is 33.5. The first-order chi connectivity index (χ1) is 21.8. The summed E-state index contributed by atoms with van der Waals surface area (Å²) in [5.74, 6) is -5.89. The number of halogens is 3. The highest BCUT2D eigenvalue weighted by Crippen LogP contribution is 2.43. The van der Waals surface area contributed by atoms with E-state index >= 15 is 8.78 Å². The SMILES string of the molecule is O=C(N[C@@H](CC1CCCCC1)C(=O)N[C@@H](C[C@@H]1CCNC1=O)C(O)S(=O)(=O)O)O[C@@H](c1ccccc1)C(F)(F)c1cccc(Cl)c1. The first-order valence-corrected chi connectivity index (χ1v) is 17.0. The van der Waals surface area contributed by atoms with Crippen LogP contribution in [0.25, 0.3) is 0 Å². The van der Waals surface area contributed by atoms with Gasteiger partial charge in [0.15, 0.2) is 6.10 Å². The Labute approximate surface area is 271 Å². The molecule has 1 aliphatic heterocycles. The van der Waals surface area contributed by atoms with Crippen molar-refractivity contribution >= 4 is 39.6 Å². The van der Waals surface area contributed by atoms with Crippen molar-refractivity contribution in [2.75, 3.05) is 6.54 Å². The predicted molar refractivity (Wildman–Crippen MR) is 164 cm³/mol. The predicted octanol–water partition coefficient (Wildman–Crippen LogP) is 4.46. The van der Waals surface area contributed by atoms with E-state index in [-0.39, 0.29) is 29.3 Å². The minimum Gasteiger partial charge on any atom is -0.434 e. The molecule has 252 valence electrons. The van der Waals surface area contributed by atoms with E-state index in [4.69, 9.17) is 16.3 Å². The van der Waals surface area contributed by atoms with E-state index in [0.29, 0.717) is 13.0 Å². The summed E-state index contributed by atoms with van der Waals surface area (Å²) in [6.45, 7) is 0.312. The molecular formula is C31H38ClF2N3O8S. The summed E-state index contributed by atoms with van der Waals surface area (Å²) < 4.78 is 70.4. The molecule has 0 bridgehead atoms. The number of alkyl halides is 2. The number of alkyl carbamates (subject to hydrolysis) is 1. The molecule has 5 N–H and O–H groups in total. The van der Waals surface area contributed by atoms with E-state index in [1.54, 1.807) is 6.07 Å². The molecule has 2 aromatic carbocycles. The molecule has 0 radical (unpaired) electrons. The van der Waals surface area contributed by atoms with Crippen LogP contribution in [0.5, 0.6) is 0 Å². The maximum Gasteiger partial charge on any atom is 0.408 e. The van der Waals surface area contributed by atoms with Crippen molar-refractivity contribution < 1.29 is 46.0 Å². The monoisotopic (exact) mass is 685 g/mol. The fourth-order valence-corrected chi connectivity index (χ4v) is 6.80. The minimum atomic E-state index is -5.07. The zero-order valence-corrected chi connectivity index (χ0v) is 26.5. The first-order valence-electron chi connectivity index (χ1n) is 15.1. The summed E-state index contributed by atoms with van der Waals surface area (Å²) in [6, 6.07) is 9.30. The fraction of sp³-hybridized carbons (Fsp3) is 0.516. The second-order valence-electron chi connectivity index (χ2n) is 11.8. The molecule has 46 heavy (non-hydrogen) atoms. The highest BCUT2D eigenvalue weighted by Gasteiger charge is 2.46. The molecule has 0 spiro atoms. The molecule has 1 unspecified atom stereocenters. The third-order valence-corrected chi connectivity index (χ3v) is 9.62. The third kappa shape index (κ3) is 9.36. The lowest BCUT2D eigenvalue weighted by Crippen LogP contribution is -2.55. The Bertz CT molecular complexity index is 1480. The van der Waals surface area contributed by atoms with Gasteiger partial charge in [-0.2, -0.15) is 17.2 Å². The van der Waals surface area contributed by atoms with Gasteiger partial charge in [-0.05, 0) is 42.9 Å². The van der Waals surface area contributed by atoms with Gasteiger partial charge in [-0.25, -0.2) is 4.79 Å². The van der Waals surface area contributed by atoms with Crippen LogP contribution in [0.3, 0.4) is 0 Å². The van der Waals surface area contributed by atoms with Gasteiger partial charge in [-0.15, -0.1) is 0 Å². The summed E-state index contributed by atoms with van der Waals surface area (Å²) >= 11 is 5.97. The van der Waals surface area contributed by atoms with Crippen LogP contribution in [0, 0.1) is 11.8 Å². The second-order valence-corrected chi connectivity index (χ2v) is 13.7. The number of hydrogen-bond donors (Lipinski definition) is 5. The smallest absolute Gasteiger partial charge is 0.408 e. The normalized spacial score (nSPS) is 20.2. The van der Waals surface area contributed by atoms with Gasteiger partial charge in [0, 0.05) is 23.0 Å². The topological polar surface area (TPSA) is 171 Å². The summed E-state index contributed by atoms with van der Waals surface area (Å²) in [6.07, 6.45) is 0.820. The first kappa shape index (κ1) is 35.5. The van der Waals surface area contributed by atoms with Crippen LogP contribution in [-0.2, 0) is 30.4 Å². The van der Waals surface area contributed by atoms with Gasteiger partial charge in [0.05, 0.1) is 6.04 Å². The van der Waals surface area contributed by atoms with Crippen LogP contribution in [-0.4, -0.2) is 60.0 Å². The highest BCUT2D eigenvalue weighted by atomic mass is 35.5. The van der Waals surface area contributed by atoms with E-state index in [1.165, 1.54) is 36.4 Å². The lowest BCUT2D eigenvalue weighted by atomic mass is 9.84. The van der Waals surface area contributed by atoms with Crippen molar-refractivity contribution in [3.63, 3.8) is 0 Å². The van der Waals surface area contributed by atoms with Crippen molar-refractivity contribution in [3.05, 3.63) is 70.7 Å².